The van der Waals surface area contributed by atoms with E-state index in [9.17, 15) is 4.79 Å². The Morgan fingerprint density at radius 1 is 1.07 bits per heavy atom. The number of para-hydroxylation sites is 1. The van der Waals surface area contributed by atoms with Gasteiger partial charge in [0.05, 0.1) is 29.1 Å². The minimum absolute atomic E-state index is 0.242. The number of amides is 1. The Bertz CT molecular complexity index is 1180. The summed E-state index contributed by atoms with van der Waals surface area (Å²) in [4.78, 5) is 21.8. The Balaban J connectivity index is 1.76. The molecule has 1 N–H and O–H groups in total. The Labute approximate surface area is 173 Å². The first-order valence-corrected chi connectivity index (χ1v) is 9.58. The third-order valence-electron chi connectivity index (χ3n) is 4.43. The van der Waals surface area contributed by atoms with Crippen LogP contribution in [0.1, 0.15) is 17.3 Å². The van der Waals surface area contributed by atoms with E-state index in [0.29, 0.717) is 23.6 Å². The maximum absolute atomic E-state index is 13.1. The van der Waals surface area contributed by atoms with E-state index < -0.39 is 0 Å². The van der Waals surface area contributed by atoms with Crippen molar-refractivity contribution in [2.75, 3.05) is 11.9 Å². The molecule has 2 heterocycles. The lowest BCUT2D eigenvalue weighted by molar-refractivity contribution is 0.102. The molecule has 6 heteroatoms. The van der Waals surface area contributed by atoms with E-state index in [-0.39, 0.29) is 11.1 Å². The van der Waals surface area contributed by atoms with E-state index in [1.54, 1.807) is 24.4 Å². The smallest absolute Gasteiger partial charge is 0.256 e. The van der Waals surface area contributed by atoms with Gasteiger partial charge in [0.2, 0.25) is 0 Å². The Hall–Kier alpha value is -3.44. The molecule has 0 fully saturated rings. The average Bonchev–Trinajstić information content (AvgIpc) is 2.75. The van der Waals surface area contributed by atoms with Gasteiger partial charge in [-0.3, -0.25) is 4.79 Å². The first-order valence-electron chi connectivity index (χ1n) is 9.20. The number of halogens is 1. The van der Waals surface area contributed by atoms with Crippen molar-refractivity contribution in [2.24, 2.45) is 0 Å². The van der Waals surface area contributed by atoms with Crippen LogP contribution >= 0.6 is 11.6 Å². The van der Waals surface area contributed by atoms with Gasteiger partial charge in [-0.25, -0.2) is 9.97 Å². The van der Waals surface area contributed by atoms with Gasteiger partial charge < -0.3 is 10.1 Å². The number of hydrogen-bond donors (Lipinski definition) is 1. The molecule has 0 aliphatic heterocycles. The molecule has 0 saturated carbocycles. The summed E-state index contributed by atoms with van der Waals surface area (Å²) in [6, 6.07) is 20.4. The fraction of sp³-hybridized carbons (Fsp3) is 0.0870. The van der Waals surface area contributed by atoms with Crippen LogP contribution in [0.4, 0.5) is 5.69 Å². The van der Waals surface area contributed by atoms with E-state index in [1.807, 2.05) is 55.5 Å². The van der Waals surface area contributed by atoms with E-state index in [1.165, 1.54) is 0 Å². The number of hydrogen-bond acceptors (Lipinski definition) is 4. The van der Waals surface area contributed by atoms with Gasteiger partial charge in [0, 0.05) is 17.1 Å². The molecule has 4 aromatic rings. The number of benzene rings is 2. The first kappa shape index (κ1) is 18.9. The molecule has 2 aromatic heterocycles. The van der Waals surface area contributed by atoms with Crippen LogP contribution in [-0.2, 0) is 0 Å². The quantitative estimate of drug-likeness (QED) is 0.440. The third-order valence-corrected chi connectivity index (χ3v) is 4.73. The molecule has 1 amide bonds. The van der Waals surface area contributed by atoms with Crippen LogP contribution in [0.2, 0.25) is 5.15 Å². The van der Waals surface area contributed by atoms with Crippen molar-refractivity contribution in [3.63, 3.8) is 0 Å². The molecule has 144 valence electrons. The number of carbonyl (C=O) groups excluding carboxylic acids is 1. The summed E-state index contributed by atoms with van der Waals surface area (Å²) >= 11 is 6.09. The second-order valence-electron chi connectivity index (χ2n) is 6.33. The Morgan fingerprint density at radius 2 is 1.86 bits per heavy atom. The number of carbonyl (C=O) groups is 1. The van der Waals surface area contributed by atoms with Crippen molar-refractivity contribution in [1.82, 2.24) is 9.97 Å². The predicted molar refractivity (Wildman–Crippen MR) is 116 cm³/mol. The monoisotopic (exact) mass is 403 g/mol. The maximum Gasteiger partial charge on any atom is 0.256 e. The molecule has 4 rings (SSSR count). The van der Waals surface area contributed by atoms with Crippen LogP contribution in [0, 0.1) is 0 Å². The molecule has 29 heavy (non-hydrogen) atoms. The normalized spacial score (nSPS) is 10.7. The number of aromatic nitrogens is 2. The molecule has 0 atom stereocenters. The standard InChI is InChI=1S/C23H18ClN3O2/c1-2-29-16-11-9-15(10-12-16)21-14-18(17-6-3-4-7-19(17)26-21)23(28)27-20-8-5-13-25-22(20)24/h3-14H,2H2,1H3,(H,27,28). The number of anilines is 1. The van der Waals surface area contributed by atoms with Crippen molar-refractivity contribution in [1.29, 1.82) is 0 Å². The summed E-state index contributed by atoms with van der Waals surface area (Å²) in [6.07, 6.45) is 1.57. The minimum atomic E-state index is -0.273. The Kier molecular flexibility index (Phi) is 5.40. The fourth-order valence-electron chi connectivity index (χ4n) is 3.07. The molecule has 0 bridgehead atoms. The largest absolute Gasteiger partial charge is 0.494 e. The van der Waals surface area contributed by atoms with E-state index in [4.69, 9.17) is 21.3 Å². The summed E-state index contributed by atoms with van der Waals surface area (Å²) in [7, 11) is 0. The molecule has 2 aromatic carbocycles. The molecule has 5 nitrogen and oxygen atoms in total. The molecule has 0 radical (unpaired) electrons. The number of nitrogens with zero attached hydrogens (tertiary/aromatic N) is 2. The molecule has 0 aliphatic rings. The second kappa shape index (κ2) is 8.29. The summed E-state index contributed by atoms with van der Waals surface area (Å²) in [5.41, 5.74) is 3.31. The number of nitrogens with one attached hydrogen (secondary N) is 1. The average molecular weight is 404 g/mol. The highest BCUT2D eigenvalue weighted by molar-refractivity contribution is 6.32. The van der Waals surface area contributed by atoms with E-state index in [2.05, 4.69) is 10.3 Å². The number of pyridine rings is 2. The molecular weight excluding hydrogens is 386 g/mol. The SMILES string of the molecule is CCOc1ccc(-c2cc(C(=O)Nc3cccnc3Cl)c3ccccc3n2)cc1. The van der Waals surface area contributed by atoms with Gasteiger partial charge in [-0.2, -0.15) is 0 Å². The fourth-order valence-corrected chi connectivity index (χ4v) is 3.24. The summed E-state index contributed by atoms with van der Waals surface area (Å²) < 4.78 is 5.50. The molecule has 0 unspecified atom stereocenters. The van der Waals surface area contributed by atoms with Gasteiger partial charge in [-0.15, -0.1) is 0 Å². The second-order valence-corrected chi connectivity index (χ2v) is 6.68. The minimum Gasteiger partial charge on any atom is -0.494 e. The highest BCUT2D eigenvalue weighted by atomic mass is 35.5. The summed E-state index contributed by atoms with van der Waals surface area (Å²) in [5, 5.41) is 3.85. The molecule has 0 spiro atoms. The van der Waals surface area contributed by atoms with Gasteiger partial charge >= 0.3 is 0 Å². The van der Waals surface area contributed by atoms with Crippen molar-refractivity contribution >= 4 is 34.1 Å². The lowest BCUT2D eigenvalue weighted by Crippen LogP contribution is -2.13. The van der Waals surface area contributed by atoms with Gasteiger partial charge in [-0.1, -0.05) is 29.8 Å². The third kappa shape index (κ3) is 4.05. The first-order chi connectivity index (χ1) is 14.2. The van der Waals surface area contributed by atoms with E-state index >= 15 is 0 Å². The lowest BCUT2D eigenvalue weighted by Gasteiger charge is -2.11. The summed E-state index contributed by atoms with van der Waals surface area (Å²) in [6.45, 7) is 2.55. The van der Waals surface area contributed by atoms with Crippen LogP contribution in [0.5, 0.6) is 5.75 Å². The number of fused-ring (bicyclic) bond motifs is 1. The zero-order chi connectivity index (χ0) is 20.2. The maximum atomic E-state index is 13.1. The van der Waals surface area contributed by atoms with Gasteiger partial charge in [-0.05, 0) is 55.5 Å². The highest BCUT2D eigenvalue weighted by Gasteiger charge is 2.15. The zero-order valence-corrected chi connectivity index (χ0v) is 16.5. The predicted octanol–water partition coefficient (Wildman–Crippen LogP) is 5.60. The lowest BCUT2D eigenvalue weighted by atomic mass is 10.0. The molecule has 0 aliphatic carbocycles. The van der Waals surface area contributed by atoms with Crippen LogP contribution in [0.3, 0.4) is 0 Å². The van der Waals surface area contributed by atoms with Gasteiger partial charge in [0.15, 0.2) is 5.15 Å². The molecular formula is C23H18ClN3O2. The van der Waals surface area contributed by atoms with Crippen LogP contribution in [-0.4, -0.2) is 22.5 Å². The van der Waals surface area contributed by atoms with Crippen molar-refractivity contribution in [2.45, 2.75) is 6.92 Å². The Morgan fingerprint density at radius 3 is 2.62 bits per heavy atom. The van der Waals surface area contributed by atoms with Crippen molar-refractivity contribution < 1.29 is 9.53 Å². The van der Waals surface area contributed by atoms with Gasteiger partial charge in [0.25, 0.3) is 5.91 Å². The van der Waals surface area contributed by atoms with Crippen LogP contribution < -0.4 is 10.1 Å². The van der Waals surface area contributed by atoms with E-state index in [0.717, 1.165) is 22.2 Å². The van der Waals surface area contributed by atoms with Crippen molar-refractivity contribution in [3.05, 3.63) is 83.6 Å². The van der Waals surface area contributed by atoms with Crippen LogP contribution in [0.25, 0.3) is 22.2 Å². The van der Waals surface area contributed by atoms with Gasteiger partial charge in [0.1, 0.15) is 5.75 Å². The summed E-state index contributed by atoms with van der Waals surface area (Å²) in [5.74, 6) is 0.520. The van der Waals surface area contributed by atoms with Crippen LogP contribution in [0.15, 0.2) is 72.9 Å². The number of ether oxygens (including phenoxy) is 1. The van der Waals surface area contributed by atoms with Crippen molar-refractivity contribution in [3.8, 4) is 17.0 Å². The molecule has 0 saturated heterocycles. The number of rotatable bonds is 5. The topological polar surface area (TPSA) is 64.1 Å². The zero-order valence-electron chi connectivity index (χ0n) is 15.7. The highest BCUT2D eigenvalue weighted by Crippen LogP contribution is 2.27.